The molecule has 25 heavy (non-hydrogen) atoms. The molecule has 0 heterocycles. The molecule has 5 nitrogen and oxygen atoms in total. The Morgan fingerprint density at radius 1 is 1.08 bits per heavy atom. The summed E-state index contributed by atoms with van der Waals surface area (Å²) in [7, 11) is 1.59. The second-order valence-corrected chi connectivity index (χ2v) is 6.41. The highest BCUT2D eigenvalue weighted by atomic mass is 35.5. The monoisotopic (exact) mass is 359 g/mol. The van der Waals surface area contributed by atoms with Gasteiger partial charge >= 0.3 is 0 Å². The van der Waals surface area contributed by atoms with Gasteiger partial charge < -0.3 is 15.5 Å². The van der Waals surface area contributed by atoms with Crippen molar-refractivity contribution in [3.05, 3.63) is 58.6 Å². The van der Waals surface area contributed by atoms with Crippen LogP contribution in [-0.2, 0) is 9.59 Å². The molecule has 2 aromatic carbocycles. The van der Waals surface area contributed by atoms with Gasteiger partial charge in [-0.05, 0) is 49.2 Å². The summed E-state index contributed by atoms with van der Waals surface area (Å²) in [6.45, 7) is 4.09. The predicted octanol–water partition coefficient (Wildman–Crippen LogP) is 3.47. The van der Waals surface area contributed by atoms with Gasteiger partial charge in [0.05, 0.1) is 23.8 Å². The number of hydrogen-bond donors (Lipinski definition) is 2. The van der Waals surface area contributed by atoms with E-state index >= 15 is 0 Å². The minimum Gasteiger partial charge on any atom is -0.376 e. The Morgan fingerprint density at radius 2 is 1.72 bits per heavy atom. The Kier molecular flexibility index (Phi) is 6.42. The van der Waals surface area contributed by atoms with Gasteiger partial charge in [-0.2, -0.15) is 0 Å². The average molecular weight is 360 g/mol. The number of carbonyl (C=O) groups is 2. The van der Waals surface area contributed by atoms with E-state index in [1.165, 1.54) is 4.90 Å². The van der Waals surface area contributed by atoms with Crippen LogP contribution >= 0.6 is 11.6 Å². The number of nitrogens with one attached hydrogen (secondary N) is 2. The van der Waals surface area contributed by atoms with Crippen LogP contribution in [-0.4, -0.2) is 36.9 Å². The molecule has 0 aliphatic carbocycles. The zero-order chi connectivity index (χ0) is 18.4. The molecule has 0 atom stereocenters. The highest BCUT2D eigenvalue weighted by Crippen LogP contribution is 2.20. The number of rotatable bonds is 6. The van der Waals surface area contributed by atoms with E-state index in [0.717, 1.165) is 16.8 Å². The summed E-state index contributed by atoms with van der Waals surface area (Å²) in [5.41, 5.74) is 3.67. The van der Waals surface area contributed by atoms with Crippen molar-refractivity contribution in [2.24, 2.45) is 0 Å². The lowest BCUT2D eigenvalue weighted by atomic mass is 10.1. The number of benzene rings is 2. The van der Waals surface area contributed by atoms with Crippen LogP contribution in [0.1, 0.15) is 11.1 Å². The second kappa shape index (κ2) is 8.53. The smallest absolute Gasteiger partial charge is 0.244 e. The number of aryl methyl sites for hydroxylation is 2. The molecule has 0 unspecified atom stereocenters. The van der Waals surface area contributed by atoms with E-state index in [1.807, 2.05) is 26.0 Å². The van der Waals surface area contributed by atoms with Gasteiger partial charge in [0.15, 0.2) is 0 Å². The first kappa shape index (κ1) is 18.8. The zero-order valence-electron chi connectivity index (χ0n) is 14.6. The summed E-state index contributed by atoms with van der Waals surface area (Å²) >= 11 is 6.01. The first-order chi connectivity index (χ1) is 11.8. The highest BCUT2D eigenvalue weighted by Gasteiger charge is 2.13. The van der Waals surface area contributed by atoms with Gasteiger partial charge in [0.1, 0.15) is 0 Å². The Hall–Kier alpha value is -2.53. The molecule has 0 aromatic heterocycles. The summed E-state index contributed by atoms with van der Waals surface area (Å²) in [6, 6.07) is 13.0. The van der Waals surface area contributed by atoms with Gasteiger partial charge in [0.25, 0.3) is 0 Å². The quantitative estimate of drug-likeness (QED) is 0.830. The number of halogens is 1. The molecule has 2 aromatic rings. The number of carbonyl (C=O) groups excluding carboxylic acids is 2. The van der Waals surface area contributed by atoms with Crippen LogP contribution < -0.4 is 10.6 Å². The maximum Gasteiger partial charge on any atom is 0.244 e. The van der Waals surface area contributed by atoms with Gasteiger partial charge in [0, 0.05) is 12.7 Å². The standard InChI is InChI=1S/C19H22ClN3O2/c1-13-8-14(2)10-15(9-13)21-11-19(25)23(3)12-18(24)22-17-7-5-4-6-16(17)20/h4-10,21H,11-12H2,1-3H3,(H,22,24). The van der Waals surface area contributed by atoms with Crippen molar-refractivity contribution in [1.29, 1.82) is 0 Å². The molecule has 2 amide bonds. The van der Waals surface area contributed by atoms with Crippen molar-refractivity contribution in [1.82, 2.24) is 4.90 Å². The fraction of sp³-hybridized carbons (Fsp3) is 0.263. The van der Waals surface area contributed by atoms with Crippen LogP contribution in [0.4, 0.5) is 11.4 Å². The lowest BCUT2D eigenvalue weighted by Gasteiger charge is -2.18. The molecule has 0 aliphatic rings. The van der Waals surface area contributed by atoms with Crippen molar-refractivity contribution >= 4 is 34.8 Å². The van der Waals surface area contributed by atoms with E-state index in [4.69, 9.17) is 11.6 Å². The Labute approximate surface area is 153 Å². The van der Waals surface area contributed by atoms with Crippen LogP contribution in [0.2, 0.25) is 5.02 Å². The number of anilines is 2. The number of para-hydroxylation sites is 1. The van der Waals surface area contributed by atoms with Crippen molar-refractivity contribution in [2.45, 2.75) is 13.8 Å². The molecule has 0 spiro atoms. The van der Waals surface area contributed by atoms with Gasteiger partial charge in [-0.25, -0.2) is 0 Å². The molecule has 2 N–H and O–H groups in total. The van der Waals surface area contributed by atoms with Crippen molar-refractivity contribution in [3.8, 4) is 0 Å². The Bertz CT molecular complexity index is 757. The largest absolute Gasteiger partial charge is 0.376 e. The van der Waals surface area contributed by atoms with E-state index < -0.39 is 0 Å². The summed E-state index contributed by atoms with van der Waals surface area (Å²) in [4.78, 5) is 25.6. The van der Waals surface area contributed by atoms with Crippen LogP contribution in [0.3, 0.4) is 0 Å². The first-order valence-electron chi connectivity index (χ1n) is 7.95. The summed E-state index contributed by atoms with van der Waals surface area (Å²) in [5.74, 6) is -0.469. The molecule has 2 rings (SSSR count). The van der Waals surface area contributed by atoms with Crippen LogP contribution in [0, 0.1) is 13.8 Å². The molecule has 0 bridgehead atoms. The SMILES string of the molecule is Cc1cc(C)cc(NCC(=O)N(C)CC(=O)Nc2ccccc2Cl)c1. The molecule has 0 fully saturated rings. The van der Waals surface area contributed by atoms with E-state index in [2.05, 4.69) is 16.7 Å². The lowest BCUT2D eigenvalue weighted by molar-refractivity contribution is -0.131. The summed E-state index contributed by atoms with van der Waals surface area (Å²) in [6.07, 6.45) is 0. The average Bonchev–Trinajstić information content (AvgIpc) is 2.53. The predicted molar refractivity (Wildman–Crippen MR) is 102 cm³/mol. The normalized spacial score (nSPS) is 10.2. The van der Waals surface area contributed by atoms with Crippen molar-refractivity contribution < 1.29 is 9.59 Å². The number of hydrogen-bond acceptors (Lipinski definition) is 3. The van der Waals surface area contributed by atoms with Crippen molar-refractivity contribution in [3.63, 3.8) is 0 Å². The molecule has 0 aliphatic heterocycles. The van der Waals surface area contributed by atoms with Crippen LogP contribution in [0.15, 0.2) is 42.5 Å². The van der Waals surface area contributed by atoms with Gasteiger partial charge in [0.2, 0.25) is 11.8 Å². The van der Waals surface area contributed by atoms with E-state index in [9.17, 15) is 9.59 Å². The van der Waals surface area contributed by atoms with E-state index in [1.54, 1.807) is 31.3 Å². The van der Waals surface area contributed by atoms with Gasteiger partial charge in [-0.3, -0.25) is 9.59 Å². The molecule has 0 saturated heterocycles. The van der Waals surface area contributed by atoms with Crippen molar-refractivity contribution in [2.75, 3.05) is 30.8 Å². The minimum absolute atomic E-state index is 0.0431. The van der Waals surface area contributed by atoms with Crippen LogP contribution in [0.5, 0.6) is 0 Å². The van der Waals surface area contributed by atoms with Gasteiger partial charge in [-0.15, -0.1) is 0 Å². The maximum atomic E-state index is 12.2. The highest BCUT2D eigenvalue weighted by molar-refractivity contribution is 6.33. The van der Waals surface area contributed by atoms with E-state index in [0.29, 0.717) is 10.7 Å². The summed E-state index contributed by atoms with van der Waals surface area (Å²) < 4.78 is 0. The first-order valence-corrected chi connectivity index (χ1v) is 8.33. The number of nitrogens with zero attached hydrogens (tertiary/aromatic N) is 1. The lowest BCUT2D eigenvalue weighted by Crippen LogP contribution is -2.38. The fourth-order valence-electron chi connectivity index (χ4n) is 2.45. The van der Waals surface area contributed by atoms with E-state index in [-0.39, 0.29) is 24.9 Å². The topological polar surface area (TPSA) is 61.4 Å². The Balaban J connectivity index is 1.85. The molecule has 0 radical (unpaired) electrons. The minimum atomic E-state index is -0.296. The molecular formula is C19H22ClN3O2. The molecular weight excluding hydrogens is 338 g/mol. The second-order valence-electron chi connectivity index (χ2n) is 6.01. The third-order valence-corrected chi connectivity index (χ3v) is 3.95. The Morgan fingerprint density at radius 3 is 2.36 bits per heavy atom. The van der Waals surface area contributed by atoms with Crippen LogP contribution in [0.25, 0.3) is 0 Å². The molecule has 132 valence electrons. The zero-order valence-corrected chi connectivity index (χ0v) is 15.4. The molecule has 6 heteroatoms. The number of amides is 2. The number of likely N-dealkylation sites (N-methyl/N-ethyl adjacent to an activating group) is 1. The summed E-state index contributed by atoms with van der Waals surface area (Å²) in [5, 5.41) is 6.25. The third-order valence-electron chi connectivity index (χ3n) is 3.62. The maximum absolute atomic E-state index is 12.2. The molecule has 0 saturated carbocycles. The fourth-order valence-corrected chi connectivity index (χ4v) is 2.63. The third kappa shape index (κ3) is 5.80. The van der Waals surface area contributed by atoms with Gasteiger partial charge in [-0.1, -0.05) is 29.8 Å².